The van der Waals surface area contributed by atoms with E-state index in [9.17, 15) is 14.7 Å². The van der Waals surface area contributed by atoms with Crippen LogP contribution in [0.4, 0.5) is 0 Å². The van der Waals surface area contributed by atoms with Crippen molar-refractivity contribution in [3.8, 4) is 22.6 Å². The van der Waals surface area contributed by atoms with Crippen molar-refractivity contribution in [1.82, 2.24) is 10.2 Å². The number of hydrogen-bond acceptors (Lipinski definition) is 8. The molecule has 0 aromatic heterocycles. The van der Waals surface area contributed by atoms with E-state index in [0.29, 0.717) is 13.0 Å². The van der Waals surface area contributed by atoms with Crippen LogP contribution in [-0.4, -0.2) is 60.4 Å². The number of nitrogens with one attached hydrogen (secondary N) is 1. The fourth-order valence-corrected chi connectivity index (χ4v) is 6.70. The van der Waals surface area contributed by atoms with Gasteiger partial charge in [-0.1, -0.05) is 72.8 Å². The van der Waals surface area contributed by atoms with Crippen LogP contribution in [0.25, 0.3) is 11.1 Å². The van der Waals surface area contributed by atoms with E-state index in [1.807, 2.05) is 72.8 Å². The first kappa shape index (κ1) is 35.1. The fourth-order valence-electron chi connectivity index (χ4n) is 6.70. The summed E-state index contributed by atoms with van der Waals surface area (Å²) < 4.78 is 24.4. The summed E-state index contributed by atoms with van der Waals surface area (Å²) in [6.45, 7) is 2.70. The zero-order valence-corrected chi connectivity index (χ0v) is 28.5. The Hall–Kier alpha value is -4.74. The lowest BCUT2D eigenvalue weighted by atomic mass is 9.96. The summed E-state index contributed by atoms with van der Waals surface area (Å²) in [7, 11) is 3.32. The van der Waals surface area contributed by atoms with Gasteiger partial charge in [-0.2, -0.15) is 0 Å². The topological polar surface area (TPSA) is 127 Å². The molecule has 3 atom stereocenters. The molecule has 0 radical (unpaired) electrons. The number of benzene rings is 4. The number of aliphatic carboxylic acids is 1. The third kappa shape index (κ3) is 8.51. The predicted octanol–water partition coefficient (Wildman–Crippen LogP) is 5.95. The van der Waals surface area contributed by atoms with Crippen LogP contribution in [-0.2, 0) is 45.2 Å². The Balaban J connectivity index is 1.19. The van der Waals surface area contributed by atoms with Crippen molar-refractivity contribution in [2.45, 2.75) is 63.9 Å². The molecule has 0 aliphatic carbocycles. The lowest BCUT2D eigenvalue weighted by Crippen LogP contribution is -2.41. The number of methoxy groups -OCH3 is 2. The van der Waals surface area contributed by atoms with Crippen LogP contribution in [0, 0.1) is 0 Å². The van der Waals surface area contributed by atoms with Crippen LogP contribution in [0.1, 0.15) is 65.0 Å². The first-order chi connectivity index (χ1) is 24.3. The molecule has 0 bridgehead atoms. The number of ether oxygens (including phenoxy) is 4. The molecular weight excluding hydrogens is 636 g/mol. The lowest BCUT2D eigenvalue weighted by molar-refractivity contribution is -0.253. The summed E-state index contributed by atoms with van der Waals surface area (Å²) in [6.07, 6.45) is 0.455. The number of nitrogens with zero attached hydrogens (tertiary/aromatic N) is 1. The second kappa shape index (κ2) is 16.3. The molecule has 0 unspecified atom stereocenters. The Kier molecular flexibility index (Phi) is 11.5. The standard InChI is InChI=1S/C40H44N2O8/c1-47-36-19-30-17-18-42(23-32(30)20-37(36)48-2)24-33-21-35(28-9-7-26(25-43)8-10-28)50-40(49-33)29-13-11-27(12-14-29)34-6-4-3-5-31(34)22-41-38(44)15-16-39(45)46/h3-14,19-20,33,35,40,43H,15-18,21-25H2,1-2H3,(H,41,44)(H,45,46)/t33-,35+,40+/m1/s1. The van der Waals surface area contributed by atoms with Gasteiger partial charge in [0.15, 0.2) is 17.8 Å². The largest absolute Gasteiger partial charge is 0.493 e. The third-order valence-corrected chi connectivity index (χ3v) is 9.43. The van der Waals surface area contributed by atoms with E-state index in [0.717, 1.165) is 70.9 Å². The number of hydrogen-bond donors (Lipinski definition) is 3. The van der Waals surface area contributed by atoms with Crippen LogP contribution in [0.15, 0.2) is 84.9 Å². The van der Waals surface area contributed by atoms with Crippen molar-refractivity contribution in [3.63, 3.8) is 0 Å². The van der Waals surface area contributed by atoms with Crippen LogP contribution in [0.5, 0.6) is 11.5 Å². The number of aliphatic hydroxyl groups excluding tert-OH is 1. The molecule has 6 rings (SSSR count). The van der Waals surface area contributed by atoms with Crippen molar-refractivity contribution in [2.24, 2.45) is 0 Å². The molecule has 4 aromatic carbocycles. The normalized spacial score (nSPS) is 19.0. The summed E-state index contributed by atoms with van der Waals surface area (Å²) in [5.74, 6) is 0.185. The molecule has 0 saturated carbocycles. The van der Waals surface area contributed by atoms with E-state index in [4.69, 9.17) is 24.1 Å². The highest BCUT2D eigenvalue weighted by atomic mass is 16.7. The van der Waals surface area contributed by atoms with Gasteiger partial charge in [0, 0.05) is 44.6 Å². The van der Waals surface area contributed by atoms with Gasteiger partial charge in [-0.3, -0.25) is 14.5 Å². The van der Waals surface area contributed by atoms with E-state index in [-0.39, 0.29) is 37.6 Å². The zero-order valence-electron chi connectivity index (χ0n) is 28.5. The first-order valence-corrected chi connectivity index (χ1v) is 17.0. The minimum Gasteiger partial charge on any atom is -0.493 e. The van der Waals surface area contributed by atoms with Gasteiger partial charge < -0.3 is 34.5 Å². The lowest BCUT2D eigenvalue weighted by Gasteiger charge is -2.39. The van der Waals surface area contributed by atoms with E-state index < -0.39 is 12.3 Å². The molecule has 2 heterocycles. The summed E-state index contributed by atoms with van der Waals surface area (Å²) in [5.41, 5.74) is 8.17. The predicted molar refractivity (Wildman–Crippen MR) is 188 cm³/mol. The Morgan fingerprint density at radius 2 is 1.58 bits per heavy atom. The molecule has 2 aliphatic rings. The van der Waals surface area contributed by atoms with Gasteiger partial charge in [-0.15, -0.1) is 0 Å². The summed E-state index contributed by atoms with van der Waals surface area (Å²) in [5, 5.41) is 21.3. The highest BCUT2D eigenvalue weighted by molar-refractivity contribution is 5.81. The number of carbonyl (C=O) groups excluding carboxylic acids is 1. The maximum Gasteiger partial charge on any atom is 0.303 e. The molecule has 50 heavy (non-hydrogen) atoms. The number of amides is 1. The molecule has 0 spiro atoms. The molecule has 262 valence electrons. The monoisotopic (exact) mass is 680 g/mol. The van der Waals surface area contributed by atoms with E-state index in [1.165, 1.54) is 11.1 Å². The summed E-state index contributed by atoms with van der Waals surface area (Å²) in [4.78, 5) is 25.4. The Labute approximate surface area is 292 Å². The molecule has 2 aliphatic heterocycles. The van der Waals surface area contributed by atoms with Gasteiger partial charge in [0.05, 0.1) is 39.5 Å². The van der Waals surface area contributed by atoms with Gasteiger partial charge in [-0.25, -0.2) is 0 Å². The molecule has 10 heteroatoms. The molecule has 1 fully saturated rings. The zero-order chi connectivity index (χ0) is 35.0. The Morgan fingerprint density at radius 3 is 2.28 bits per heavy atom. The van der Waals surface area contributed by atoms with Gasteiger partial charge >= 0.3 is 5.97 Å². The fraction of sp³-hybridized carbons (Fsp3) is 0.350. The van der Waals surface area contributed by atoms with Gasteiger partial charge in [0.2, 0.25) is 5.91 Å². The average Bonchev–Trinajstić information content (AvgIpc) is 3.15. The van der Waals surface area contributed by atoms with Crippen molar-refractivity contribution < 1.29 is 38.7 Å². The molecule has 1 amide bonds. The first-order valence-electron chi connectivity index (χ1n) is 17.0. The quantitative estimate of drug-likeness (QED) is 0.157. The number of aliphatic hydroxyl groups is 1. The summed E-state index contributed by atoms with van der Waals surface area (Å²) >= 11 is 0. The van der Waals surface area contributed by atoms with Crippen molar-refractivity contribution >= 4 is 11.9 Å². The highest BCUT2D eigenvalue weighted by Crippen LogP contribution is 2.40. The van der Waals surface area contributed by atoms with Crippen LogP contribution >= 0.6 is 0 Å². The Bertz CT molecular complexity index is 1780. The van der Waals surface area contributed by atoms with Crippen LogP contribution in [0.3, 0.4) is 0 Å². The minimum absolute atomic E-state index is 0.0141. The second-order valence-electron chi connectivity index (χ2n) is 12.8. The summed E-state index contributed by atoms with van der Waals surface area (Å²) in [6, 6.07) is 28.0. The maximum atomic E-state index is 12.2. The van der Waals surface area contributed by atoms with Crippen molar-refractivity contribution in [1.29, 1.82) is 0 Å². The molecular formula is C40H44N2O8. The number of rotatable bonds is 13. The molecule has 4 aromatic rings. The van der Waals surface area contributed by atoms with Gasteiger partial charge in [0.1, 0.15) is 0 Å². The molecule has 1 saturated heterocycles. The maximum absolute atomic E-state index is 12.2. The molecule has 10 nitrogen and oxygen atoms in total. The van der Waals surface area contributed by atoms with Crippen molar-refractivity contribution in [2.75, 3.05) is 27.3 Å². The number of carboxylic acid groups (broad SMARTS) is 1. The van der Waals surface area contributed by atoms with Gasteiger partial charge in [-0.05, 0) is 57.5 Å². The number of carbonyl (C=O) groups is 2. The van der Waals surface area contributed by atoms with E-state index in [1.54, 1.807) is 14.2 Å². The minimum atomic E-state index is -0.997. The van der Waals surface area contributed by atoms with Crippen LogP contribution < -0.4 is 14.8 Å². The highest BCUT2D eigenvalue weighted by Gasteiger charge is 2.34. The molecule has 3 N–H and O–H groups in total. The van der Waals surface area contributed by atoms with Crippen LogP contribution in [0.2, 0.25) is 0 Å². The van der Waals surface area contributed by atoms with E-state index in [2.05, 4.69) is 22.3 Å². The van der Waals surface area contributed by atoms with Crippen molar-refractivity contribution in [3.05, 3.63) is 118 Å². The van der Waals surface area contributed by atoms with Gasteiger partial charge in [0.25, 0.3) is 0 Å². The van der Waals surface area contributed by atoms with E-state index >= 15 is 0 Å². The third-order valence-electron chi connectivity index (χ3n) is 9.43. The SMILES string of the molecule is COc1cc2c(cc1OC)CN(C[C@H]1C[C@@H](c3ccc(CO)cc3)O[C@@H](c3ccc(-c4ccccc4CNC(=O)CCC(=O)O)cc3)O1)CC2. The smallest absolute Gasteiger partial charge is 0.303 e. The number of carboxylic acids is 1. The Morgan fingerprint density at radius 1 is 0.880 bits per heavy atom. The second-order valence-corrected chi connectivity index (χ2v) is 12.8. The number of fused-ring (bicyclic) bond motifs is 1. The average molecular weight is 681 g/mol.